The van der Waals surface area contributed by atoms with Crippen molar-refractivity contribution in [2.75, 3.05) is 13.2 Å². The second kappa shape index (κ2) is 9.37. The molecule has 1 amide bonds. The van der Waals surface area contributed by atoms with Gasteiger partial charge in [0.25, 0.3) is 5.91 Å². The smallest absolute Gasteiger partial charge is 0.251 e. The third-order valence-electron chi connectivity index (χ3n) is 4.29. The van der Waals surface area contributed by atoms with Gasteiger partial charge in [-0.25, -0.2) is 4.98 Å². The number of rotatable bonds is 7. The van der Waals surface area contributed by atoms with E-state index in [0.717, 1.165) is 9.39 Å². The Hall–Kier alpha value is -2.86. The van der Waals surface area contributed by atoms with Crippen molar-refractivity contribution < 1.29 is 9.53 Å². The Balaban J connectivity index is 1.67. The first kappa shape index (κ1) is 19.9. The molecule has 1 atom stereocenters. The molecule has 3 rings (SSSR count). The van der Waals surface area contributed by atoms with Crippen LogP contribution in [0.5, 0.6) is 5.75 Å². The molecule has 0 fully saturated rings. The lowest BCUT2D eigenvalue weighted by Gasteiger charge is -2.21. The van der Waals surface area contributed by atoms with E-state index in [0.29, 0.717) is 30.0 Å². The second-order valence-corrected chi connectivity index (χ2v) is 7.45. The number of aryl methyl sites for hydroxylation is 1. The maximum atomic E-state index is 12.4. The zero-order chi connectivity index (χ0) is 19.9. The summed E-state index contributed by atoms with van der Waals surface area (Å²) in [6.45, 7) is 2.67. The van der Waals surface area contributed by atoms with E-state index in [4.69, 9.17) is 10.00 Å². The Morgan fingerprint density at radius 1 is 1.25 bits per heavy atom. The number of benzene rings is 2. The van der Waals surface area contributed by atoms with Crippen LogP contribution in [0.1, 0.15) is 27.8 Å². The Morgan fingerprint density at radius 3 is 2.57 bits per heavy atom. The average molecular weight is 486 g/mol. The van der Waals surface area contributed by atoms with Gasteiger partial charge in [-0.1, -0.05) is 0 Å². The predicted octanol–water partition coefficient (Wildman–Crippen LogP) is 3.72. The fourth-order valence-corrected chi connectivity index (χ4v) is 3.10. The third-order valence-corrected chi connectivity index (χ3v) is 5.01. The molecule has 1 aromatic heterocycles. The van der Waals surface area contributed by atoms with Crippen LogP contribution in [-0.4, -0.2) is 28.6 Å². The van der Waals surface area contributed by atoms with Crippen molar-refractivity contribution in [1.82, 2.24) is 14.9 Å². The number of amides is 1. The molecule has 142 valence electrons. The minimum atomic E-state index is -0.127. The quantitative estimate of drug-likeness (QED) is 0.517. The van der Waals surface area contributed by atoms with Gasteiger partial charge < -0.3 is 14.6 Å². The van der Waals surface area contributed by atoms with Crippen molar-refractivity contribution in [2.24, 2.45) is 0 Å². The molecule has 0 saturated heterocycles. The zero-order valence-corrected chi connectivity index (χ0v) is 17.5. The molecular formula is C21H19IN4O2. The molecule has 1 unspecified atom stereocenters. The van der Waals surface area contributed by atoms with Crippen LogP contribution in [0.3, 0.4) is 0 Å². The van der Waals surface area contributed by atoms with Crippen molar-refractivity contribution in [3.8, 4) is 11.8 Å². The number of ether oxygens (including phenoxy) is 1. The van der Waals surface area contributed by atoms with Crippen LogP contribution < -0.4 is 10.1 Å². The SMILES string of the molecule is Cc1nccn1C(CNC(=O)c1ccc(I)cc1)COc1ccc(C#N)cc1. The highest BCUT2D eigenvalue weighted by molar-refractivity contribution is 14.1. The fourth-order valence-electron chi connectivity index (χ4n) is 2.74. The van der Waals surface area contributed by atoms with E-state index in [-0.39, 0.29) is 11.9 Å². The minimum absolute atomic E-state index is 0.119. The van der Waals surface area contributed by atoms with E-state index in [1.54, 1.807) is 30.5 Å². The van der Waals surface area contributed by atoms with Crippen LogP contribution in [0, 0.1) is 21.8 Å². The van der Waals surface area contributed by atoms with Crippen molar-refractivity contribution >= 4 is 28.5 Å². The molecule has 7 heteroatoms. The summed E-state index contributed by atoms with van der Waals surface area (Å²) in [5.74, 6) is 1.39. The third kappa shape index (κ3) is 5.10. The van der Waals surface area contributed by atoms with Crippen molar-refractivity contribution in [1.29, 1.82) is 5.26 Å². The van der Waals surface area contributed by atoms with Gasteiger partial charge in [0.15, 0.2) is 0 Å². The van der Waals surface area contributed by atoms with Crippen LogP contribution in [-0.2, 0) is 0 Å². The largest absolute Gasteiger partial charge is 0.491 e. The Labute approximate surface area is 177 Å². The number of hydrogen-bond donors (Lipinski definition) is 1. The van der Waals surface area contributed by atoms with Gasteiger partial charge in [0.1, 0.15) is 18.2 Å². The Bertz CT molecular complexity index is 975. The first-order valence-corrected chi connectivity index (χ1v) is 9.81. The van der Waals surface area contributed by atoms with E-state index in [2.05, 4.69) is 39.0 Å². The van der Waals surface area contributed by atoms with Crippen LogP contribution in [0.4, 0.5) is 0 Å². The van der Waals surface area contributed by atoms with E-state index >= 15 is 0 Å². The second-order valence-electron chi connectivity index (χ2n) is 6.20. The summed E-state index contributed by atoms with van der Waals surface area (Å²) in [6, 6.07) is 16.3. The monoisotopic (exact) mass is 486 g/mol. The molecule has 0 aliphatic carbocycles. The molecule has 1 N–H and O–H groups in total. The van der Waals surface area contributed by atoms with Crippen LogP contribution in [0.2, 0.25) is 0 Å². The van der Waals surface area contributed by atoms with E-state index in [9.17, 15) is 4.79 Å². The van der Waals surface area contributed by atoms with Gasteiger partial charge >= 0.3 is 0 Å². The van der Waals surface area contributed by atoms with Crippen molar-refractivity contribution in [3.05, 3.63) is 81.4 Å². The molecule has 0 aliphatic heterocycles. The highest BCUT2D eigenvalue weighted by Crippen LogP contribution is 2.16. The molecule has 2 aromatic carbocycles. The van der Waals surface area contributed by atoms with Gasteiger partial charge in [-0.15, -0.1) is 0 Å². The number of carbonyl (C=O) groups excluding carboxylic acids is 1. The summed E-state index contributed by atoms with van der Waals surface area (Å²) in [5.41, 5.74) is 1.20. The van der Waals surface area contributed by atoms with E-state index in [1.165, 1.54) is 0 Å². The van der Waals surface area contributed by atoms with E-state index in [1.807, 2.05) is 42.0 Å². The summed E-state index contributed by atoms with van der Waals surface area (Å²) in [7, 11) is 0. The first-order valence-electron chi connectivity index (χ1n) is 8.73. The van der Waals surface area contributed by atoms with Gasteiger partial charge in [0, 0.05) is 28.1 Å². The van der Waals surface area contributed by atoms with Gasteiger partial charge in [-0.3, -0.25) is 4.79 Å². The number of nitrogens with zero attached hydrogens (tertiary/aromatic N) is 3. The van der Waals surface area contributed by atoms with Crippen LogP contribution in [0.15, 0.2) is 60.9 Å². The molecule has 0 spiro atoms. The van der Waals surface area contributed by atoms with Gasteiger partial charge in [-0.05, 0) is 78.0 Å². The topological polar surface area (TPSA) is 79.9 Å². The number of halogens is 1. The maximum Gasteiger partial charge on any atom is 0.251 e. The number of nitrogens with one attached hydrogen (secondary N) is 1. The summed E-state index contributed by atoms with van der Waals surface area (Å²) in [4.78, 5) is 16.7. The summed E-state index contributed by atoms with van der Waals surface area (Å²) in [6.07, 6.45) is 3.60. The molecule has 0 saturated carbocycles. The summed E-state index contributed by atoms with van der Waals surface area (Å²) in [5, 5.41) is 11.9. The molecule has 28 heavy (non-hydrogen) atoms. The summed E-state index contributed by atoms with van der Waals surface area (Å²) >= 11 is 2.21. The lowest BCUT2D eigenvalue weighted by molar-refractivity contribution is 0.0942. The van der Waals surface area contributed by atoms with E-state index < -0.39 is 0 Å². The summed E-state index contributed by atoms with van der Waals surface area (Å²) < 4.78 is 8.95. The Kier molecular flexibility index (Phi) is 6.66. The number of nitriles is 1. The first-order chi connectivity index (χ1) is 13.6. The standard InChI is InChI=1S/C21H19IN4O2/c1-15-24-10-11-26(15)19(14-28-20-8-2-16(12-23)3-9-20)13-25-21(27)17-4-6-18(22)7-5-17/h2-11,19H,13-14H2,1H3,(H,25,27). The molecule has 0 radical (unpaired) electrons. The number of imidazole rings is 1. The normalized spacial score (nSPS) is 11.5. The lowest BCUT2D eigenvalue weighted by Crippen LogP contribution is -2.33. The predicted molar refractivity (Wildman–Crippen MR) is 114 cm³/mol. The maximum absolute atomic E-state index is 12.4. The zero-order valence-electron chi connectivity index (χ0n) is 15.3. The van der Waals surface area contributed by atoms with Gasteiger partial charge in [-0.2, -0.15) is 5.26 Å². The molecule has 0 bridgehead atoms. The lowest BCUT2D eigenvalue weighted by atomic mass is 10.2. The molecule has 1 heterocycles. The molecule has 0 aliphatic rings. The van der Waals surface area contributed by atoms with Gasteiger partial charge in [0.05, 0.1) is 17.7 Å². The molecule has 3 aromatic rings. The number of hydrogen-bond acceptors (Lipinski definition) is 4. The highest BCUT2D eigenvalue weighted by Gasteiger charge is 2.16. The highest BCUT2D eigenvalue weighted by atomic mass is 127. The molecular weight excluding hydrogens is 467 g/mol. The molecule has 6 nitrogen and oxygen atoms in total. The number of carbonyl (C=O) groups is 1. The average Bonchev–Trinajstić information content (AvgIpc) is 3.14. The van der Waals surface area contributed by atoms with Crippen LogP contribution >= 0.6 is 22.6 Å². The van der Waals surface area contributed by atoms with Crippen molar-refractivity contribution in [2.45, 2.75) is 13.0 Å². The van der Waals surface area contributed by atoms with Crippen LogP contribution in [0.25, 0.3) is 0 Å². The van der Waals surface area contributed by atoms with Crippen molar-refractivity contribution in [3.63, 3.8) is 0 Å². The minimum Gasteiger partial charge on any atom is -0.491 e. The fraction of sp³-hybridized carbons (Fsp3) is 0.190. The number of aromatic nitrogens is 2. The van der Waals surface area contributed by atoms with Gasteiger partial charge in [0.2, 0.25) is 0 Å². The Morgan fingerprint density at radius 2 is 1.96 bits per heavy atom.